The molecule has 0 amide bonds. The van der Waals surface area contributed by atoms with Crippen molar-refractivity contribution in [1.82, 2.24) is 5.06 Å². The molecule has 0 bridgehead atoms. The minimum Gasteiger partial charge on any atom is -0.329 e. The molecule has 3 heteroatoms. The summed E-state index contributed by atoms with van der Waals surface area (Å²) in [5, 5.41) is 10.1. The van der Waals surface area contributed by atoms with Crippen LogP contribution in [0.25, 0.3) is 0 Å². The highest BCUT2D eigenvalue weighted by Gasteiger charge is 2.01. The quantitative estimate of drug-likeness (QED) is 0.514. The van der Waals surface area contributed by atoms with Gasteiger partial charge in [0.1, 0.15) is 0 Å². The van der Waals surface area contributed by atoms with E-state index < -0.39 is 0 Å². The van der Waals surface area contributed by atoms with Crippen LogP contribution in [0.4, 0.5) is 0 Å². The first-order valence-corrected chi connectivity index (χ1v) is 2.84. The summed E-state index contributed by atoms with van der Waals surface area (Å²) >= 11 is 0. The minimum absolute atomic E-state index is 0.179. The normalized spacial score (nSPS) is 11.2. The molecule has 3 nitrogen and oxygen atoms in total. The second kappa shape index (κ2) is 3.83. The van der Waals surface area contributed by atoms with Gasteiger partial charge in [-0.15, -0.1) is 0 Å². The summed E-state index contributed by atoms with van der Waals surface area (Å²) in [7, 11) is 0. The van der Waals surface area contributed by atoms with Gasteiger partial charge in [-0.25, -0.2) is 0 Å². The molecule has 0 atom stereocenters. The maximum absolute atomic E-state index is 8.88. The van der Waals surface area contributed by atoms with Gasteiger partial charge in [0.25, 0.3) is 0 Å². The third-order valence-electron chi connectivity index (χ3n) is 0.954. The first-order valence-electron chi connectivity index (χ1n) is 2.84. The van der Waals surface area contributed by atoms with E-state index in [9.17, 15) is 0 Å². The molecule has 0 aromatic carbocycles. The Morgan fingerprint density at radius 2 is 2.12 bits per heavy atom. The summed E-state index contributed by atoms with van der Waals surface area (Å²) in [6.07, 6.45) is 0. The predicted molar refractivity (Wildman–Crippen MR) is 32.7 cm³/mol. The van der Waals surface area contributed by atoms with Crippen molar-refractivity contribution in [1.29, 1.82) is 0 Å². The van der Waals surface area contributed by atoms with E-state index in [0.29, 0.717) is 13.1 Å². The first-order chi connectivity index (χ1) is 3.68. The molecule has 0 rings (SSSR count). The highest BCUT2D eigenvalue weighted by atomic mass is 16.5. The van der Waals surface area contributed by atoms with E-state index in [4.69, 9.17) is 10.9 Å². The summed E-state index contributed by atoms with van der Waals surface area (Å²) in [5.74, 6) is 0. The Morgan fingerprint density at radius 3 is 2.25 bits per heavy atom. The van der Waals surface area contributed by atoms with Crippen molar-refractivity contribution < 1.29 is 5.21 Å². The lowest BCUT2D eigenvalue weighted by atomic mass is 10.4. The van der Waals surface area contributed by atoms with Gasteiger partial charge in [-0.2, -0.15) is 5.06 Å². The fraction of sp³-hybridized carbons (Fsp3) is 1.00. The van der Waals surface area contributed by atoms with Gasteiger partial charge >= 0.3 is 0 Å². The van der Waals surface area contributed by atoms with Crippen molar-refractivity contribution in [3.05, 3.63) is 0 Å². The van der Waals surface area contributed by atoms with Gasteiger partial charge in [-0.1, -0.05) is 0 Å². The molecular weight excluding hydrogens is 104 g/mol. The number of nitrogens with two attached hydrogens (primary N) is 1. The summed E-state index contributed by atoms with van der Waals surface area (Å²) in [6.45, 7) is 4.89. The fourth-order valence-corrected chi connectivity index (χ4v) is 0.390. The molecule has 0 spiro atoms. The number of hydrogen-bond acceptors (Lipinski definition) is 3. The Kier molecular flexibility index (Phi) is 3.77. The molecular formula is C5H14N2O. The first kappa shape index (κ1) is 7.88. The van der Waals surface area contributed by atoms with Crippen LogP contribution < -0.4 is 5.73 Å². The molecule has 0 saturated heterocycles. The molecule has 0 saturated carbocycles. The average molecular weight is 118 g/mol. The zero-order valence-electron chi connectivity index (χ0n) is 5.46. The Morgan fingerprint density at radius 1 is 1.62 bits per heavy atom. The fourth-order valence-electron chi connectivity index (χ4n) is 0.390. The summed E-state index contributed by atoms with van der Waals surface area (Å²) in [6, 6.07) is 0.179. The van der Waals surface area contributed by atoms with Crippen LogP contribution in [0, 0.1) is 0 Å². The highest BCUT2D eigenvalue weighted by molar-refractivity contribution is 4.49. The van der Waals surface area contributed by atoms with Gasteiger partial charge in [-0.3, -0.25) is 0 Å². The van der Waals surface area contributed by atoms with Crippen LogP contribution in [0.15, 0.2) is 0 Å². The third kappa shape index (κ3) is 2.96. The van der Waals surface area contributed by atoms with Crippen molar-refractivity contribution >= 4 is 0 Å². The average Bonchev–Trinajstić information content (AvgIpc) is 1.67. The van der Waals surface area contributed by atoms with Crippen LogP contribution in [-0.4, -0.2) is 29.4 Å². The molecule has 0 aliphatic heterocycles. The van der Waals surface area contributed by atoms with Gasteiger partial charge in [0.05, 0.1) is 0 Å². The molecule has 50 valence electrons. The summed E-state index contributed by atoms with van der Waals surface area (Å²) in [4.78, 5) is 0. The van der Waals surface area contributed by atoms with Crippen molar-refractivity contribution in [2.45, 2.75) is 19.9 Å². The topological polar surface area (TPSA) is 49.5 Å². The molecule has 0 radical (unpaired) electrons. The van der Waals surface area contributed by atoms with Crippen LogP contribution in [0.1, 0.15) is 13.8 Å². The summed E-state index contributed by atoms with van der Waals surface area (Å²) < 4.78 is 0. The second-order valence-electron chi connectivity index (χ2n) is 2.05. The second-order valence-corrected chi connectivity index (χ2v) is 2.05. The van der Waals surface area contributed by atoms with Crippen molar-refractivity contribution in [2.75, 3.05) is 13.1 Å². The van der Waals surface area contributed by atoms with E-state index in [2.05, 4.69) is 0 Å². The van der Waals surface area contributed by atoms with Gasteiger partial charge in [-0.05, 0) is 13.8 Å². The van der Waals surface area contributed by atoms with Crippen LogP contribution in [-0.2, 0) is 0 Å². The number of nitrogens with zero attached hydrogens (tertiary/aromatic N) is 1. The van der Waals surface area contributed by atoms with Crippen molar-refractivity contribution in [2.24, 2.45) is 5.73 Å². The largest absolute Gasteiger partial charge is 0.329 e. The smallest absolute Gasteiger partial charge is 0.0364 e. The van der Waals surface area contributed by atoms with Crippen LogP contribution >= 0.6 is 0 Å². The Bertz CT molecular complexity index is 56.4. The monoisotopic (exact) mass is 118 g/mol. The van der Waals surface area contributed by atoms with Crippen LogP contribution in [0.2, 0.25) is 0 Å². The molecule has 0 aliphatic carbocycles. The molecule has 0 aromatic rings. The summed E-state index contributed by atoms with van der Waals surface area (Å²) in [5.41, 5.74) is 5.17. The van der Waals surface area contributed by atoms with Gasteiger partial charge in [0, 0.05) is 19.1 Å². The number of hydroxylamine groups is 2. The van der Waals surface area contributed by atoms with E-state index in [0.717, 1.165) is 0 Å². The highest BCUT2D eigenvalue weighted by Crippen LogP contribution is 1.88. The Hall–Kier alpha value is -0.120. The molecule has 8 heavy (non-hydrogen) atoms. The maximum atomic E-state index is 8.88. The zero-order valence-corrected chi connectivity index (χ0v) is 5.46. The van der Waals surface area contributed by atoms with Gasteiger partial charge in [0.15, 0.2) is 0 Å². The lowest BCUT2D eigenvalue weighted by molar-refractivity contribution is -0.114. The van der Waals surface area contributed by atoms with E-state index in [1.54, 1.807) is 0 Å². The molecule has 0 aliphatic rings. The number of rotatable bonds is 3. The third-order valence-corrected chi connectivity index (χ3v) is 0.954. The van der Waals surface area contributed by atoms with E-state index in [-0.39, 0.29) is 6.04 Å². The Balaban J connectivity index is 3.17. The van der Waals surface area contributed by atoms with Gasteiger partial charge < -0.3 is 10.9 Å². The van der Waals surface area contributed by atoms with Crippen molar-refractivity contribution in [3.63, 3.8) is 0 Å². The molecule has 3 N–H and O–H groups in total. The Labute approximate surface area is 50.0 Å². The molecule has 0 aromatic heterocycles. The van der Waals surface area contributed by atoms with Crippen molar-refractivity contribution in [3.8, 4) is 0 Å². The lowest BCUT2D eigenvalue weighted by Gasteiger charge is -2.16. The van der Waals surface area contributed by atoms with Crippen LogP contribution in [0.5, 0.6) is 0 Å². The number of hydrogen-bond donors (Lipinski definition) is 2. The lowest BCUT2D eigenvalue weighted by Crippen LogP contribution is -2.31. The SMILES string of the molecule is CC(C)N(O)CCN. The maximum Gasteiger partial charge on any atom is 0.0364 e. The zero-order chi connectivity index (χ0) is 6.57. The van der Waals surface area contributed by atoms with Crippen LogP contribution in [0.3, 0.4) is 0 Å². The molecule has 0 heterocycles. The minimum atomic E-state index is 0.179. The molecule has 0 fully saturated rings. The van der Waals surface area contributed by atoms with E-state index in [1.165, 1.54) is 5.06 Å². The molecule has 0 unspecified atom stereocenters. The van der Waals surface area contributed by atoms with Gasteiger partial charge in [0.2, 0.25) is 0 Å². The van der Waals surface area contributed by atoms with E-state index in [1.807, 2.05) is 13.8 Å². The standard InChI is InChI=1S/C5H14N2O/c1-5(2)7(8)4-3-6/h5,8H,3-4,6H2,1-2H3. The van der Waals surface area contributed by atoms with E-state index >= 15 is 0 Å². The predicted octanol–water partition coefficient (Wildman–Crippen LogP) is 0.0447.